The monoisotopic (exact) mass is 831 g/mol. The van der Waals surface area contributed by atoms with Crippen LogP contribution in [0.4, 0.5) is 15.3 Å². The average molecular weight is 832 g/mol. The highest BCUT2D eigenvalue weighted by Gasteiger charge is 2.43. The summed E-state index contributed by atoms with van der Waals surface area (Å²) in [6.45, 7) is 8.55. The SMILES string of the molecule is COC(=O)N[C@H](C(=O)N1CCC[C@H]1C(=O)Nc1cccc(-c2ccc(-c3ccc4nc([C@@H]5CCCN5C(=O)[C@@H](NC(=O)OC)C(C)C)[nH]c4c3)c3c2CC2CCC32)c1)C(C)C. The molecule has 4 aliphatic rings. The lowest BCUT2D eigenvalue weighted by Crippen LogP contribution is -2.54. The van der Waals surface area contributed by atoms with Gasteiger partial charge in [-0.1, -0.05) is 58.0 Å². The Kier molecular flexibility index (Phi) is 11.8. The molecule has 2 aliphatic heterocycles. The number of methoxy groups -OCH3 is 2. The quantitative estimate of drug-likeness (QED) is 0.122. The van der Waals surface area contributed by atoms with Crippen LogP contribution < -0.4 is 16.0 Å². The maximum atomic E-state index is 13.8. The molecule has 5 amide bonds. The number of aromatic nitrogens is 2. The van der Waals surface area contributed by atoms with E-state index in [0.29, 0.717) is 43.5 Å². The van der Waals surface area contributed by atoms with E-state index in [1.165, 1.54) is 37.3 Å². The number of ether oxygens (including phenoxy) is 2. The number of benzene rings is 3. The van der Waals surface area contributed by atoms with Crippen LogP contribution in [0.3, 0.4) is 0 Å². The number of amides is 5. The number of alkyl carbamates (subject to hydrolysis) is 2. The summed E-state index contributed by atoms with van der Waals surface area (Å²) >= 11 is 0. The third-order valence-electron chi connectivity index (χ3n) is 13.3. The van der Waals surface area contributed by atoms with Crippen LogP contribution in [0.25, 0.3) is 33.3 Å². The standard InChI is InChI=1S/C47H57N7O7/c1-25(2)40(51-46(58)60-5)44(56)53-20-8-12-37(53)42-49-35-19-15-29(24-36(35)50-42)33-18-17-31(34-23-28-14-16-32(28)39(33)34)27-10-7-11-30(22-27)48-43(55)38-13-9-21-54(38)45(57)41(26(3)4)52-47(59)61-6/h7,10-11,15,17-19,22,24-26,28,32,37-38,40-41H,8-9,12-14,16,20-21,23H2,1-6H3,(H,48,55)(H,49,50)(H,51,58)(H,52,59)/t28?,32?,37-,38-,40-,41-/m0/s1. The van der Waals surface area contributed by atoms with Crippen LogP contribution in [0.2, 0.25) is 0 Å². The van der Waals surface area contributed by atoms with Crippen LogP contribution >= 0.6 is 0 Å². The van der Waals surface area contributed by atoms with Gasteiger partial charge in [0.2, 0.25) is 17.7 Å². The highest BCUT2D eigenvalue weighted by atomic mass is 16.5. The molecule has 6 atom stereocenters. The van der Waals surface area contributed by atoms with Gasteiger partial charge in [-0.15, -0.1) is 0 Å². The van der Waals surface area contributed by atoms with Crippen LogP contribution in [-0.2, 0) is 30.3 Å². The molecule has 1 aromatic heterocycles. The molecular weight excluding hydrogens is 775 g/mol. The largest absolute Gasteiger partial charge is 0.453 e. The van der Waals surface area contributed by atoms with E-state index in [2.05, 4.69) is 57.3 Å². The van der Waals surface area contributed by atoms with Gasteiger partial charge in [0, 0.05) is 18.8 Å². The molecule has 322 valence electrons. The number of rotatable bonds is 11. The molecule has 3 heterocycles. The minimum atomic E-state index is -0.801. The summed E-state index contributed by atoms with van der Waals surface area (Å²) in [5.41, 5.74) is 9.66. The van der Waals surface area contributed by atoms with Crippen LogP contribution in [0.5, 0.6) is 0 Å². The molecule has 3 aromatic carbocycles. The first-order chi connectivity index (χ1) is 29.4. The Labute approximate surface area is 356 Å². The molecule has 14 heteroatoms. The Morgan fingerprint density at radius 2 is 1.41 bits per heavy atom. The van der Waals surface area contributed by atoms with Crippen molar-refractivity contribution in [3.8, 4) is 22.3 Å². The second-order valence-corrected chi connectivity index (χ2v) is 17.7. The summed E-state index contributed by atoms with van der Waals surface area (Å²) in [5, 5.41) is 8.48. The first kappa shape index (κ1) is 41.8. The topological polar surface area (TPSA) is 175 Å². The zero-order valence-electron chi connectivity index (χ0n) is 35.9. The second-order valence-electron chi connectivity index (χ2n) is 17.7. The van der Waals surface area contributed by atoms with E-state index in [9.17, 15) is 24.0 Å². The van der Waals surface area contributed by atoms with Gasteiger partial charge >= 0.3 is 12.2 Å². The Hall–Kier alpha value is -5.92. The van der Waals surface area contributed by atoms with Crippen molar-refractivity contribution in [1.29, 1.82) is 0 Å². The van der Waals surface area contributed by atoms with Gasteiger partial charge in [-0.25, -0.2) is 14.6 Å². The van der Waals surface area contributed by atoms with Gasteiger partial charge in [-0.05, 0) is 126 Å². The predicted octanol–water partition coefficient (Wildman–Crippen LogP) is 7.30. The number of imidazole rings is 1. The summed E-state index contributed by atoms with van der Waals surface area (Å²) < 4.78 is 9.56. The second kappa shape index (κ2) is 17.2. The number of H-pyrrole nitrogens is 1. The maximum Gasteiger partial charge on any atom is 0.407 e. The maximum absolute atomic E-state index is 13.8. The number of nitrogens with zero attached hydrogens (tertiary/aromatic N) is 3. The molecule has 4 N–H and O–H groups in total. The molecular formula is C47H57N7O7. The van der Waals surface area contributed by atoms with Gasteiger partial charge in [-0.2, -0.15) is 0 Å². The summed E-state index contributed by atoms with van der Waals surface area (Å²) in [6, 6.07) is 16.4. The van der Waals surface area contributed by atoms with Gasteiger partial charge in [0.05, 0.1) is 31.3 Å². The van der Waals surface area contributed by atoms with Crippen molar-refractivity contribution < 1.29 is 33.4 Å². The molecule has 2 saturated heterocycles. The molecule has 0 radical (unpaired) electrons. The molecule has 0 bridgehead atoms. The Morgan fingerprint density at radius 3 is 2.08 bits per heavy atom. The van der Waals surface area contributed by atoms with E-state index in [1.807, 2.05) is 50.8 Å². The van der Waals surface area contributed by atoms with Gasteiger partial charge < -0.3 is 40.2 Å². The molecule has 61 heavy (non-hydrogen) atoms. The van der Waals surface area contributed by atoms with E-state index in [-0.39, 0.29) is 35.6 Å². The number of carbonyl (C=O) groups is 5. The van der Waals surface area contributed by atoms with Crippen molar-refractivity contribution in [3.63, 3.8) is 0 Å². The number of carbonyl (C=O) groups excluding carboxylic acids is 5. The van der Waals surface area contributed by atoms with E-state index < -0.39 is 30.3 Å². The van der Waals surface area contributed by atoms with Crippen molar-refractivity contribution >= 4 is 46.6 Å². The smallest absolute Gasteiger partial charge is 0.407 e. The number of nitrogens with one attached hydrogen (secondary N) is 4. The zero-order chi connectivity index (χ0) is 43.1. The molecule has 4 aromatic rings. The zero-order valence-corrected chi connectivity index (χ0v) is 35.9. The number of hydrogen-bond donors (Lipinski definition) is 4. The summed E-state index contributed by atoms with van der Waals surface area (Å²) in [6.07, 6.45) is 4.89. The minimum Gasteiger partial charge on any atom is -0.453 e. The molecule has 2 unspecified atom stereocenters. The summed E-state index contributed by atoms with van der Waals surface area (Å²) in [4.78, 5) is 77.2. The van der Waals surface area contributed by atoms with Crippen LogP contribution in [0, 0.1) is 17.8 Å². The Morgan fingerprint density at radius 1 is 0.754 bits per heavy atom. The molecule has 8 rings (SSSR count). The minimum absolute atomic E-state index is 0.117. The van der Waals surface area contributed by atoms with Gasteiger partial charge in [-0.3, -0.25) is 14.4 Å². The number of aromatic amines is 1. The van der Waals surface area contributed by atoms with E-state index in [0.717, 1.165) is 59.2 Å². The summed E-state index contributed by atoms with van der Waals surface area (Å²) in [7, 11) is 2.56. The van der Waals surface area contributed by atoms with Crippen LogP contribution in [0.15, 0.2) is 54.6 Å². The highest BCUT2D eigenvalue weighted by Crippen LogP contribution is 2.56. The highest BCUT2D eigenvalue weighted by molar-refractivity contribution is 5.99. The molecule has 2 aliphatic carbocycles. The van der Waals surface area contributed by atoms with Crippen molar-refractivity contribution in [1.82, 2.24) is 30.4 Å². The van der Waals surface area contributed by atoms with Crippen molar-refractivity contribution in [2.45, 2.75) is 103 Å². The van der Waals surface area contributed by atoms with Crippen molar-refractivity contribution in [3.05, 3.63) is 71.5 Å². The van der Waals surface area contributed by atoms with Crippen LogP contribution in [0.1, 0.15) is 95.1 Å². The fraction of sp³-hybridized carbons (Fsp3) is 0.489. The van der Waals surface area contributed by atoms with Gasteiger partial charge in [0.25, 0.3) is 0 Å². The third-order valence-corrected chi connectivity index (χ3v) is 13.3. The molecule has 14 nitrogen and oxygen atoms in total. The van der Waals surface area contributed by atoms with Gasteiger partial charge in [0.15, 0.2) is 0 Å². The van der Waals surface area contributed by atoms with Crippen molar-refractivity contribution in [2.75, 3.05) is 32.6 Å². The van der Waals surface area contributed by atoms with Crippen LogP contribution in [-0.4, -0.2) is 95.1 Å². The van der Waals surface area contributed by atoms with Gasteiger partial charge in [0.1, 0.15) is 23.9 Å². The first-order valence-electron chi connectivity index (χ1n) is 21.7. The Bertz CT molecular complexity index is 2360. The van der Waals surface area contributed by atoms with E-state index in [4.69, 9.17) is 14.5 Å². The third kappa shape index (κ3) is 8.04. The molecule has 1 saturated carbocycles. The predicted molar refractivity (Wildman–Crippen MR) is 232 cm³/mol. The fourth-order valence-corrected chi connectivity index (χ4v) is 10.0. The number of likely N-dealkylation sites (tertiary alicyclic amines) is 2. The fourth-order valence-electron chi connectivity index (χ4n) is 10.0. The molecule has 0 spiro atoms. The lowest BCUT2D eigenvalue weighted by atomic mass is 9.73. The number of fused-ring (bicyclic) bond motifs is 4. The molecule has 3 fully saturated rings. The normalized spacial score (nSPS) is 21.4. The van der Waals surface area contributed by atoms with E-state index in [1.54, 1.807) is 4.90 Å². The number of hydrogen-bond acceptors (Lipinski definition) is 8. The average Bonchev–Trinajstić information content (AvgIpc) is 4.06. The number of anilines is 1. The van der Waals surface area contributed by atoms with Crippen molar-refractivity contribution in [2.24, 2.45) is 17.8 Å². The summed E-state index contributed by atoms with van der Waals surface area (Å²) in [5.74, 6) is 0.851. The lowest BCUT2D eigenvalue weighted by molar-refractivity contribution is -0.139. The first-order valence-corrected chi connectivity index (χ1v) is 21.7. The Balaban J connectivity index is 1.03. The van der Waals surface area contributed by atoms with E-state index >= 15 is 0 Å². The lowest BCUT2D eigenvalue weighted by Gasteiger charge is -2.31.